The smallest absolute Gasteiger partial charge is 0.255 e. The van der Waals surface area contributed by atoms with Gasteiger partial charge in [-0.2, -0.15) is 0 Å². The quantitative estimate of drug-likeness (QED) is 0.895. The van der Waals surface area contributed by atoms with E-state index in [1.807, 2.05) is 25.1 Å². The molecule has 2 fully saturated rings. The van der Waals surface area contributed by atoms with Crippen molar-refractivity contribution in [2.75, 3.05) is 26.2 Å². The number of fused-ring (bicyclic) bond motifs is 5. The van der Waals surface area contributed by atoms with Crippen LogP contribution in [0.25, 0.3) is 10.9 Å². The van der Waals surface area contributed by atoms with Crippen molar-refractivity contribution in [3.8, 4) is 0 Å². The van der Waals surface area contributed by atoms with E-state index in [2.05, 4.69) is 11.1 Å². The molecule has 2 amide bonds. The van der Waals surface area contributed by atoms with E-state index in [9.17, 15) is 9.59 Å². The maximum atomic E-state index is 13.5. The Kier molecular flexibility index (Phi) is 3.41. The lowest BCUT2D eigenvalue weighted by Crippen LogP contribution is -2.67. The molecule has 2 saturated heterocycles. The zero-order valence-corrected chi connectivity index (χ0v) is 15.0. The summed E-state index contributed by atoms with van der Waals surface area (Å²) in [5.41, 5.74) is 2.11. The molecular weight excluding hydrogens is 330 g/mol. The molecule has 4 heterocycles. The van der Waals surface area contributed by atoms with Crippen molar-refractivity contribution in [1.29, 1.82) is 0 Å². The fourth-order valence-corrected chi connectivity index (χ4v) is 4.86. The summed E-state index contributed by atoms with van der Waals surface area (Å²) in [7, 11) is 0. The number of aromatic amines is 1. The molecule has 0 radical (unpaired) electrons. The van der Waals surface area contributed by atoms with Crippen LogP contribution in [-0.4, -0.2) is 58.9 Å². The Morgan fingerprint density at radius 2 is 2.15 bits per heavy atom. The third-order valence-electron chi connectivity index (χ3n) is 6.20. The van der Waals surface area contributed by atoms with Gasteiger partial charge < -0.3 is 19.5 Å². The van der Waals surface area contributed by atoms with E-state index in [1.54, 1.807) is 9.80 Å². The number of hydrogen-bond acceptors (Lipinski definition) is 3. The number of amides is 2. The van der Waals surface area contributed by atoms with Gasteiger partial charge in [0.1, 0.15) is 0 Å². The fraction of sp³-hybridized carbons (Fsp3) is 0.500. The average molecular weight is 353 g/mol. The van der Waals surface area contributed by atoms with Crippen molar-refractivity contribution in [1.82, 2.24) is 14.8 Å². The van der Waals surface area contributed by atoms with Gasteiger partial charge in [0, 0.05) is 30.6 Å². The van der Waals surface area contributed by atoms with Crippen LogP contribution in [0.1, 0.15) is 31.0 Å². The standard InChI is InChI=1S/C20H23N3O3/c1-20-18-15(14-6-2-3-7-16(14)21-18)8-9-23(20)17(24)12-22(19(20)25)11-13-5-4-10-26-13/h2-3,6-7,13,21H,4-5,8-12H2,1H3. The first-order chi connectivity index (χ1) is 12.6. The molecule has 0 spiro atoms. The number of aromatic nitrogens is 1. The van der Waals surface area contributed by atoms with Crippen molar-refractivity contribution in [3.63, 3.8) is 0 Å². The van der Waals surface area contributed by atoms with Gasteiger partial charge in [0.25, 0.3) is 5.91 Å². The van der Waals surface area contributed by atoms with Gasteiger partial charge in [0.2, 0.25) is 5.91 Å². The average Bonchev–Trinajstić information content (AvgIpc) is 3.27. The number of para-hydroxylation sites is 1. The summed E-state index contributed by atoms with van der Waals surface area (Å²) in [5, 5.41) is 1.15. The third kappa shape index (κ3) is 2.08. The molecule has 2 atom stereocenters. The van der Waals surface area contributed by atoms with E-state index in [0.717, 1.165) is 42.5 Å². The number of hydrogen-bond donors (Lipinski definition) is 1. The van der Waals surface area contributed by atoms with Gasteiger partial charge in [-0.05, 0) is 37.8 Å². The minimum Gasteiger partial charge on any atom is -0.376 e. The molecule has 26 heavy (non-hydrogen) atoms. The summed E-state index contributed by atoms with van der Waals surface area (Å²) < 4.78 is 5.70. The van der Waals surface area contributed by atoms with E-state index in [-0.39, 0.29) is 24.5 Å². The summed E-state index contributed by atoms with van der Waals surface area (Å²) in [6.45, 7) is 3.88. The number of nitrogens with one attached hydrogen (secondary N) is 1. The maximum absolute atomic E-state index is 13.5. The van der Waals surface area contributed by atoms with E-state index >= 15 is 0 Å². The molecule has 3 aliphatic heterocycles. The molecule has 1 aromatic carbocycles. The molecule has 6 nitrogen and oxygen atoms in total. The molecule has 1 aromatic heterocycles. The van der Waals surface area contributed by atoms with Gasteiger partial charge in [-0.1, -0.05) is 18.2 Å². The Hall–Kier alpha value is -2.34. The summed E-state index contributed by atoms with van der Waals surface area (Å²) in [6, 6.07) is 8.12. The molecule has 2 aromatic rings. The molecule has 0 bridgehead atoms. The molecule has 136 valence electrons. The van der Waals surface area contributed by atoms with E-state index < -0.39 is 5.54 Å². The molecule has 0 saturated carbocycles. The molecule has 3 aliphatic rings. The zero-order valence-electron chi connectivity index (χ0n) is 15.0. The zero-order chi connectivity index (χ0) is 17.9. The topological polar surface area (TPSA) is 65.6 Å². The van der Waals surface area contributed by atoms with Gasteiger partial charge in [0.15, 0.2) is 5.54 Å². The van der Waals surface area contributed by atoms with Crippen LogP contribution < -0.4 is 0 Å². The minimum atomic E-state index is -0.958. The van der Waals surface area contributed by atoms with Crippen LogP contribution in [0, 0.1) is 0 Å². The molecular formula is C20H23N3O3. The maximum Gasteiger partial charge on any atom is 0.255 e. The van der Waals surface area contributed by atoms with E-state index in [4.69, 9.17) is 4.74 Å². The number of carbonyl (C=O) groups is 2. The highest BCUT2D eigenvalue weighted by Gasteiger charge is 2.54. The lowest BCUT2D eigenvalue weighted by atomic mass is 9.83. The molecule has 1 N–H and O–H groups in total. The van der Waals surface area contributed by atoms with Crippen LogP contribution in [0.5, 0.6) is 0 Å². The highest BCUT2D eigenvalue weighted by Crippen LogP contribution is 2.42. The second-order valence-electron chi connectivity index (χ2n) is 7.71. The highest BCUT2D eigenvalue weighted by molar-refractivity contribution is 6.00. The predicted molar refractivity (Wildman–Crippen MR) is 96.6 cm³/mol. The first kappa shape index (κ1) is 15.9. The molecule has 0 aliphatic carbocycles. The van der Waals surface area contributed by atoms with Crippen molar-refractivity contribution in [3.05, 3.63) is 35.5 Å². The summed E-state index contributed by atoms with van der Waals surface area (Å²) in [6.07, 6.45) is 2.80. The second-order valence-corrected chi connectivity index (χ2v) is 7.71. The third-order valence-corrected chi connectivity index (χ3v) is 6.20. The van der Waals surface area contributed by atoms with Crippen LogP contribution in [-0.2, 0) is 26.3 Å². The van der Waals surface area contributed by atoms with Gasteiger partial charge in [0.05, 0.1) is 18.3 Å². The lowest BCUT2D eigenvalue weighted by molar-refractivity contribution is -0.167. The van der Waals surface area contributed by atoms with Crippen LogP contribution in [0.4, 0.5) is 0 Å². The Balaban J connectivity index is 1.58. The second kappa shape index (κ2) is 5.58. The Morgan fingerprint density at radius 3 is 2.96 bits per heavy atom. The fourth-order valence-electron chi connectivity index (χ4n) is 4.86. The summed E-state index contributed by atoms with van der Waals surface area (Å²) >= 11 is 0. The predicted octanol–water partition coefficient (Wildman–Crippen LogP) is 1.79. The number of rotatable bonds is 2. The van der Waals surface area contributed by atoms with Crippen molar-refractivity contribution >= 4 is 22.7 Å². The van der Waals surface area contributed by atoms with Crippen molar-refractivity contribution in [2.45, 2.75) is 37.8 Å². The Labute approximate surface area is 152 Å². The number of ether oxygens (including phenoxy) is 1. The number of carbonyl (C=O) groups excluding carboxylic acids is 2. The highest BCUT2D eigenvalue weighted by atomic mass is 16.5. The number of nitrogens with zero attached hydrogens (tertiary/aromatic N) is 2. The minimum absolute atomic E-state index is 0.0000983. The number of piperazine rings is 1. The summed E-state index contributed by atoms with van der Waals surface area (Å²) in [5.74, 6) is 0.0227. The van der Waals surface area contributed by atoms with Crippen LogP contribution in [0.2, 0.25) is 0 Å². The van der Waals surface area contributed by atoms with Gasteiger partial charge in [-0.15, -0.1) is 0 Å². The number of benzene rings is 1. The Morgan fingerprint density at radius 1 is 1.31 bits per heavy atom. The van der Waals surface area contributed by atoms with Crippen LogP contribution in [0.3, 0.4) is 0 Å². The normalized spacial score (nSPS) is 28.6. The van der Waals surface area contributed by atoms with E-state index in [0.29, 0.717) is 13.1 Å². The van der Waals surface area contributed by atoms with E-state index in [1.165, 1.54) is 5.56 Å². The van der Waals surface area contributed by atoms with Gasteiger partial charge in [-0.25, -0.2) is 0 Å². The Bertz CT molecular complexity index is 899. The molecule has 2 unspecified atom stereocenters. The molecule has 6 heteroatoms. The van der Waals surface area contributed by atoms with Crippen molar-refractivity contribution in [2.24, 2.45) is 0 Å². The first-order valence-corrected chi connectivity index (χ1v) is 9.40. The largest absolute Gasteiger partial charge is 0.376 e. The lowest BCUT2D eigenvalue weighted by Gasteiger charge is -2.49. The van der Waals surface area contributed by atoms with Gasteiger partial charge >= 0.3 is 0 Å². The molecule has 5 rings (SSSR count). The number of H-pyrrole nitrogens is 1. The summed E-state index contributed by atoms with van der Waals surface area (Å²) in [4.78, 5) is 33.3. The van der Waals surface area contributed by atoms with Crippen LogP contribution >= 0.6 is 0 Å². The van der Waals surface area contributed by atoms with Crippen LogP contribution in [0.15, 0.2) is 24.3 Å². The van der Waals surface area contributed by atoms with Gasteiger partial charge in [-0.3, -0.25) is 9.59 Å². The van der Waals surface area contributed by atoms with Crippen molar-refractivity contribution < 1.29 is 14.3 Å². The SMILES string of the molecule is CC12C(=O)N(CC3CCCO3)CC(=O)N1CCc1c2[nH]c2ccccc12. The first-order valence-electron chi connectivity index (χ1n) is 9.40. The monoisotopic (exact) mass is 353 g/mol.